The van der Waals surface area contributed by atoms with E-state index >= 15 is 0 Å². The molecule has 0 saturated carbocycles. The van der Waals surface area contributed by atoms with Gasteiger partial charge in [0.15, 0.2) is 0 Å². The highest BCUT2D eigenvalue weighted by atomic mass is 35.5. The van der Waals surface area contributed by atoms with Gasteiger partial charge >= 0.3 is 5.97 Å². The average Bonchev–Trinajstić information content (AvgIpc) is 3.07. The minimum Gasteiger partial charge on any atom is -0.487 e. The molecule has 1 N–H and O–H groups in total. The maximum atomic E-state index is 12.1. The second kappa shape index (κ2) is 7.33. The molecule has 25 heavy (non-hydrogen) atoms. The van der Waals surface area contributed by atoms with Gasteiger partial charge in [-0.3, -0.25) is 10.3 Å². The lowest BCUT2D eigenvalue weighted by Gasteiger charge is -2.20. The molecule has 2 aromatic rings. The van der Waals surface area contributed by atoms with E-state index in [0.29, 0.717) is 29.5 Å². The number of esters is 1. The van der Waals surface area contributed by atoms with Crippen LogP contribution >= 0.6 is 11.6 Å². The van der Waals surface area contributed by atoms with Gasteiger partial charge in [0.25, 0.3) is 0 Å². The van der Waals surface area contributed by atoms with E-state index in [-0.39, 0.29) is 6.61 Å². The third-order valence-corrected chi connectivity index (χ3v) is 4.46. The normalized spacial score (nSPS) is 19.4. The zero-order chi connectivity index (χ0) is 17.9. The van der Waals surface area contributed by atoms with Gasteiger partial charge in [-0.2, -0.15) is 0 Å². The van der Waals surface area contributed by atoms with Crippen molar-refractivity contribution in [3.05, 3.63) is 53.2 Å². The van der Waals surface area contributed by atoms with Crippen LogP contribution in [-0.2, 0) is 14.4 Å². The third kappa shape index (κ3) is 3.43. The first kappa shape index (κ1) is 17.6. The molecule has 0 saturated heterocycles. The molecular formula is C19H20ClNO4. The van der Waals surface area contributed by atoms with Gasteiger partial charge in [0.2, 0.25) is 5.60 Å². The van der Waals surface area contributed by atoms with Crippen molar-refractivity contribution in [2.24, 2.45) is 0 Å². The summed E-state index contributed by atoms with van der Waals surface area (Å²) in [4.78, 5) is 17.6. The summed E-state index contributed by atoms with van der Waals surface area (Å²) in [7, 11) is 0. The summed E-state index contributed by atoms with van der Waals surface area (Å²) in [5.41, 5.74) is 2.35. The van der Waals surface area contributed by atoms with Crippen molar-refractivity contribution in [1.29, 1.82) is 0 Å². The molecule has 0 aromatic heterocycles. The summed E-state index contributed by atoms with van der Waals surface area (Å²) >= 11 is 6.23. The lowest BCUT2D eigenvalue weighted by molar-refractivity contribution is -0.169. The lowest BCUT2D eigenvalue weighted by atomic mass is 10.0. The molecule has 132 valence electrons. The van der Waals surface area contributed by atoms with Crippen LogP contribution in [0.15, 0.2) is 48.2 Å². The molecule has 1 aliphatic rings. The lowest BCUT2D eigenvalue weighted by Crippen LogP contribution is -2.39. The van der Waals surface area contributed by atoms with Crippen molar-refractivity contribution in [3.63, 3.8) is 0 Å². The molecule has 1 heterocycles. The van der Waals surface area contributed by atoms with E-state index in [4.69, 9.17) is 25.9 Å². The van der Waals surface area contributed by atoms with E-state index in [1.54, 1.807) is 19.1 Å². The Labute approximate surface area is 151 Å². The fraction of sp³-hybridized carbons (Fsp3) is 0.316. The van der Waals surface area contributed by atoms with E-state index in [0.717, 1.165) is 10.8 Å². The topological polar surface area (TPSA) is 56.8 Å². The van der Waals surface area contributed by atoms with E-state index in [9.17, 15) is 4.79 Å². The Kier molecular flexibility index (Phi) is 5.16. The van der Waals surface area contributed by atoms with Crippen molar-refractivity contribution < 1.29 is 19.1 Å². The monoisotopic (exact) mass is 361 g/mol. The number of hydrogen-bond donors (Lipinski definition) is 1. The predicted octanol–water partition coefficient (Wildman–Crippen LogP) is 4.00. The Hall–Kier alpha value is -2.24. The van der Waals surface area contributed by atoms with Crippen molar-refractivity contribution in [2.75, 3.05) is 13.2 Å². The Morgan fingerprint density at radius 3 is 2.68 bits per heavy atom. The van der Waals surface area contributed by atoms with Gasteiger partial charge < -0.3 is 9.47 Å². The van der Waals surface area contributed by atoms with E-state index in [2.05, 4.69) is 5.48 Å². The maximum Gasteiger partial charge on any atom is 0.345 e. The number of benzene rings is 2. The largest absolute Gasteiger partial charge is 0.487 e. The van der Waals surface area contributed by atoms with Crippen LogP contribution in [0.1, 0.15) is 20.3 Å². The molecule has 3 rings (SSSR count). The Bertz CT molecular complexity index is 820. The minimum absolute atomic E-state index is 0.243. The summed E-state index contributed by atoms with van der Waals surface area (Å²) in [6.45, 7) is 4.18. The molecule has 1 aliphatic heterocycles. The smallest absolute Gasteiger partial charge is 0.345 e. The molecule has 0 bridgehead atoms. The highest BCUT2D eigenvalue weighted by Crippen LogP contribution is 2.32. The van der Waals surface area contributed by atoms with Gasteiger partial charge in [0, 0.05) is 15.8 Å². The molecule has 6 heteroatoms. The van der Waals surface area contributed by atoms with Crippen LogP contribution in [0.25, 0.3) is 10.8 Å². The van der Waals surface area contributed by atoms with E-state index in [1.807, 2.05) is 37.3 Å². The van der Waals surface area contributed by atoms with E-state index < -0.39 is 11.6 Å². The van der Waals surface area contributed by atoms with Crippen molar-refractivity contribution >= 4 is 28.3 Å². The minimum atomic E-state index is -1.10. The predicted molar refractivity (Wildman–Crippen MR) is 96.4 cm³/mol. The highest BCUT2D eigenvalue weighted by Gasteiger charge is 2.42. The average molecular weight is 362 g/mol. The molecule has 2 aromatic carbocycles. The standard InChI is InChI=1S/C19H20ClNO4/c1-3-19(18(22)23-4-2)11-13(21-25-19)12-24-17-10-9-16(20)14-7-5-6-8-15(14)17/h5-11,21H,3-4,12H2,1-2H3. The number of carbonyl (C=O) groups excluding carboxylic acids is 1. The molecule has 0 aliphatic carbocycles. The van der Waals surface area contributed by atoms with Crippen molar-refractivity contribution in [1.82, 2.24) is 5.48 Å². The van der Waals surface area contributed by atoms with Crippen LogP contribution in [-0.4, -0.2) is 24.8 Å². The molecule has 0 spiro atoms. The van der Waals surface area contributed by atoms with Gasteiger partial charge in [-0.05, 0) is 31.6 Å². The van der Waals surface area contributed by atoms with Crippen LogP contribution in [0.4, 0.5) is 0 Å². The fourth-order valence-electron chi connectivity index (χ4n) is 2.76. The van der Waals surface area contributed by atoms with Gasteiger partial charge in [0.1, 0.15) is 12.4 Å². The quantitative estimate of drug-likeness (QED) is 0.788. The number of halogens is 1. The molecule has 0 fully saturated rings. The zero-order valence-electron chi connectivity index (χ0n) is 14.2. The first-order chi connectivity index (χ1) is 12.1. The van der Waals surface area contributed by atoms with Crippen LogP contribution in [0, 0.1) is 0 Å². The van der Waals surface area contributed by atoms with Crippen molar-refractivity contribution in [3.8, 4) is 5.75 Å². The van der Waals surface area contributed by atoms with Gasteiger partial charge in [0.05, 0.1) is 12.3 Å². The molecular weight excluding hydrogens is 342 g/mol. The molecule has 0 amide bonds. The number of nitrogens with one attached hydrogen (secondary N) is 1. The number of carbonyl (C=O) groups is 1. The Morgan fingerprint density at radius 2 is 1.96 bits per heavy atom. The van der Waals surface area contributed by atoms with Gasteiger partial charge in [-0.1, -0.05) is 42.8 Å². The Morgan fingerprint density at radius 1 is 1.20 bits per heavy atom. The van der Waals surface area contributed by atoms with Crippen LogP contribution in [0.2, 0.25) is 5.02 Å². The molecule has 1 atom stereocenters. The number of hydrogen-bond acceptors (Lipinski definition) is 5. The summed E-state index contributed by atoms with van der Waals surface area (Å²) < 4.78 is 11.0. The fourth-order valence-corrected chi connectivity index (χ4v) is 2.98. The number of hydroxylamine groups is 1. The van der Waals surface area contributed by atoms with Crippen LogP contribution < -0.4 is 10.2 Å². The first-order valence-corrected chi connectivity index (χ1v) is 8.60. The summed E-state index contributed by atoms with van der Waals surface area (Å²) in [5.74, 6) is 0.310. The number of fused-ring (bicyclic) bond motifs is 1. The second-order valence-corrected chi connectivity index (χ2v) is 6.12. The number of rotatable bonds is 6. The SMILES string of the molecule is CCOC(=O)C1(CC)C=C(COc2ccc(Cl)c3ccccc23)NO1. The summed E-state index contributed by atoms with van der Waals surface area (Å²) in [5, 5.41) is 2.54. The Balaban J connectivity index is 1.78. The van der Waals surface area contributed by atoms with Crippen LogP contribution in [0.3, 0.4) is 0 Å². The van der Waals surface area contributed by atoms with Gasteiger partial charge in [-0.25, -0.2) is 4.79 Å². The molecule has 0 radical (unpaired) electrons. The van der Waals surface area contributed by atoms with Crippen molar-refractivity contribution in [2.45, 2.75) is 25.9 Å². The van der Waals surface area contributed by atoms with Gasteiger partial charge in [-0.15, -0.1) is 0 Å². The number of ether oxygens (including phenoxy) is 2. The second-order valence-electron chi connectivity index (χ2n) is 5.72. The zero-order valence-corrected chi connectivity index (χ0v) is 14.9. The first-order valence-electron chi connectivity index (χ1n) is 8.22. The third-order valence-electron chi connectivity index (χ3n) is 4.13. The summed E-state index contributed by atoms with van der Waals surface area (Å²) in [6.07, 6.45) is 2.19. The summed E-state index contributed by atoms with van der Waals surface area (Å²) in [6, 6.07) is 11.4. The van der Waals surface area contributed by atoms with E-state index in [1.165, 1.54) is 0 Å². The highest BCUT2D eigenvalue weighted by molar-refractivity contribution is 6.35. The van der Waals surface area contributed by atoms with Crippen LogP contribution in [0.5, 0.6) is 5.75 Å². The molecule has 5 nitrogen and oxygen atoms in total. The maximum absolute atomic E-state index is 12.1. The molecule has 1 unspecified atom stereocenters.